The third-order valence-electron chi connectivity index (χ3n) is 1.76. The first-order valence-corrected chi connectivity index (χ1v) is 4.80. The SMILES string of the molecule is ClCCC1(CCCl)OCCO1. The fraction of sp³-hybridized carbons (Fsp3) is 1.00. The molecule has 0 aromatic carbocycles. The van der Waals surface area contributed by atoms with Crippen molar-refractivity contribution in [2.24, 2.45) is 0 Å². The standard InChI is InChI=1S/C7H12Cl2O2/c8-3-1-7(2-4-9)10-5-6-11-7/h1-6H2. The van der Waals surface area contributed by atoms with Gasteiger partial charge in [-0.05, 0) is 0 Å². The number of rotatable bonds is 4. The van der Waals surface area contributed by atoms with Gasteiger partial charge in [0, 0.05) is 24.6 Å². The number of hydrogen-bond acceptors (Lipinski definition) is 2. The molecule has 0 aliphatic carbocycles. The van der Waals surface area contributed by atoms with Crippen LogP contribution in [0, 0.1) is 0 Å². The maximum atomic E-state index is 5.60. The number of halogens is 2. The van der Waals surface area contributed by atoms with Gasteiger partial charge >= 0.3 is 0 Å². The lowest BCUT2D eigenvalue weighted by molar-refractivity contribution is -0.159. The minimum atomic E-state index is -0.469. The predicted octanol–water partition coefficient (Wildman–Crippen LogP) is 1.99. The van der Waals surface area contributed by atoms with Crippen molar-refractivity contribution in [1.82, 2.24) is 0 Å². The van der Waals surface area contributed by atoms with E-state index in [-0.39, 0.29) is 0 Å². The van der Waals surface area contributed by atoms with Crippen LogP contribution in [-0.4, -0.2) is 30.8 Å². The highest BCUT2D eigenvalue weighted by Gasteiger charge is 2.34. The Morgan fingerprint density at radius 3 is 1.82 bits per heavy atom. The minimum Gasteiger partial charge on any atom is -0.347 e. The molecule has 0 radical (unpaired) electrons. The van der Waals surface area contributed by atoms with Crippen molar-refractivity contribution >= 4 is 23.2 Å². The van der Waals surface area contributed by atoms with Gasteiger partial charge in [-0.2, -0.15) is 0 Å². The summed E-state index contributed by atoms with van der Waals surface area (Å²) in [4.78, 5) is 0. The first-order chi connectivity index (χ1) is 5.33. The van der Waals surface area contributed by atoms with Gasteiger partial charge in [-0.15, -0.1) is 23.2 Å². The maximum absolute atomic E-state index is 5.60. The molecule has 1 fully saturated rings. The molecule has 0 amide bonds. The summed E-state index contributed by atoms with van der Waals surface area (Å²) in [5, 5.41) is 0. The van der Waals surface area contributed by atoms with Crippen molar-refractivity contribution in [1.29, 1.82) is 0 Å². The molecule has 0 unspecified atom stereocenters. The summed E-state index contributed by atoms with van der Waals surface area (Å²) in [7, 11) is 0. The zero-order valence-corrected chi connectivity index (χ0v) is 7.83. The number of ether oxygens (including phenoxy) is 2. The van der Waals surface area contributed by atoms with E-state index in [0.29, 0.717) is 25.0 Å². The first-order valence-electron chi connectivity index (χ1n) is 3.73. The molecule has 11 heavy (non-hydrogen) atoms. The molecule has 1 rings (SSSR count). The summed E-state index contributed by atoms with van der Waals surface area (Å²) in [5.74, 6) is 0.636. The first kappa shape index (κ1) is 9.59. The van der Waals surface area contributed by atoms with Gasteiger partial charge in [0.15, 0.2) is 5.79 Å². The summed E-state index contributed by atoms with van der Waals surface area (Å²) < 4.78 is 10.9. The molecule has 1 heterocycles. The summed E-state index contributed by atoms with van der Waals surface area (Å²) in [6.45, 7) is 1.32. The van der Waals surface area contributed by atoms with E-state index < -0.39 is 5.79 Å². The van der Waals surface area contributed by atoms with Crippen molar-refractivity contribution < 1.29 is 9.47 Å². The molecule has 0 bridgehead atoms. The van der Waals surface area contributed by atoms with Gasteiger partial charge in [0.1, 0.15) is 0 Å². The Morgan fingerprint density at radius 1 is 1.00 bits per heavy atom. The van der Waals surface area contributed by atoms with Crippen LogP contribution < -0.4 is 0 Å². The third-order valence-corrected chi connectivity index (χ3v) is 2.14. The molecule has 2 nitrogen and oxygen atoms in total. The fourth-order valence-electron chi connectivity index (χ4n) is 1.20. The minimum absolute atomic E-state index is 0.469. The van der Waals surface area contributed by atoms with Gasteiger partial charge in [-0.25, -0.2) is 0 Å². The Morgan fingerprint density at radius 2 is 1.45 bits per heavy atom. The van der Waals surface area contributed by atoms with Gasteiger partial charge in [-0.1, -0.05) is 0 Å². The third kappa shape index (κ3) is 2.48. The average Bonchev–Trinajstić information content (AvgIpc) is 2.39. The smallest absolute Gasteiger partial charge is 0.170 e. The molecule has 66 valence electrons. The maximum Gasteiger partial charge on any atom is 0.170 e. The Labute approximate surface area is 76.8 Å². The molecular formula is C7H12Cl2O2. The summed E-state index contributed by atoms with van der Waals surface area (Å²) in [5.41, 5.74) is 0. The molecule has 1 aliphatic heterocycles. The monoisotopic (exact) mass is 198 g/mol. The zero-order chi connectivity index (χ0) is 8.16. The summed E-state index contributed by atoms with van der Waals surface area (Å²) in [6.07, 6.45) is 1.45. The van der Waals surface area contributed by atoms with Gasteiger partial charge in [0.2, 0.25) is 0 Å². The van der Waals surface area contributed by atoms with E-state index in [1.165, 1.54) is 0 Å². The van der Waals surface area contributed by atoms with Crippen LogP contribution in [0.1, 0.15) is 12.8 Å². The predicted molar refractivity (Wildman–Crippen MR) is 45.3 cm³/mol. The van der Waals surface area contributed by atoms with E-state index in [1.54, 1.807) is 0 Å². The van der Waals surface area contributed by atoms with Crippen LogP contribution in [0.15, 0.2) is 0 Å². The molecule has 1 saturated heterocycles. The van der Waals surface area contributed by atoms with Crippen LogP contribution in [-0.2, 0) is 9.47 Å². The molecule has 4 heteroatoms. The quantitative estimate of drug-likeness (QED) is 0.644. The van der Waals surface area contributed by atoms with Crippen molar-refractivity contribution in [3.63, 3.8) is 0 Å². The number of alkyl halides is 2. The fourth-order valence-corrected chi connectivity index (χ4v) is 1.77. The van der Waals surface area contributed by atoms with Gasteiger partial charge in [-0.3, -0.25) is 0 Å². The lowest BCUT2D eigenvalue weighted by atomic mass is 10.1. The molecule has 0 spiro atoms. The van der Waals surface area contributed by atoms with E-state index >= 15 is 0 Å². The van der Waals surface area contributed by atoms with Gasteiger partial charge < -0.3 is 9.47 Å². The Bertz CT molecular complexity index is 105. The van der Waals surface area contributed by atoms with Crippen LogP contribution in [0.2, 0.25) is 0 Å². The van der Waals surface area contributed by atoms with Crippen LogP contribution in [0.25, 0.3) is 0 Å². The Kier molecular flexibility index (Phi) is 3.93. The van der Waals surface area contributed by atoms with Crippen molar-refractivity contribution in [2.45, 2.75) is 18.6 Å². The highest BCUT2D eigenvalue weighted by atomic mass is 35.5. The van der Waals surface area contributed by atoms with E-state index in [1.807, 2.05) is 0 Å². The highest BCUT2D eigenvalue weighted by Crippen LogP contribution is 2.27. The van der Waals surface area contributed by atoms with Gasteiger partial charge in [0.05, 0.1) is 13.2 Å². The number of hydrogen-bond donors (Lipinski definition) is 0. The van der Waals surface area contributed by atoms with Gasteiger partial charge in [0.25, 0.3) is 0 Å². The van der Waals surface area contributed by atoms with E-state index in [4.69, 9.17) is 32.7 Å². The van der Waals surface area contributed by atoms with Crippen LogP contribution in [0.5, 0.6) is 0 Å². The lowest BCUT2D eigenvalue weighted by Gasteiger charge is -2.25. The van der Waals surface area contributed by atoms with Crippen molar-refractivity contribution in [3.05, 3.63) is 0 Å². The Balaban J connectivity index is 2.40. The normalized spacial score (nSPS) is 22.4. The van der Waals surface area contributed by atoms with Crippen LogP contribution >= 0.6 is 23.2 Å². The zero-order valence-electron chi connectivity index (χ0n) is 6.32. The molecule has 0 atom stereocenters. The van der Waals surface area contributed by atoms with E-state index in [0.717, 1.165) is 12.8 Å². The van der Waals surface area contributed by atoms with E-state index in [2.05, 4.69) is 0 Å². The molecule has 0 aromatic heterocycles. The highest BCUT2D eigenvalue weighted by molar-refractivity contribution is 6.18. The lowest BCUT2D eigenvalue weighted by Crippen LogP contribution is -2.31. The second-order valence-corrected chi connectivity index (χ2v) is 3.24. The second kappa shape index (κ2) is 4.51. The molecule has 0 saturated carbocycles. The second-order valence-electron chi connectivity index (χ2n) is 2.49. The van der Waals surface area contributed by atoms with Crippen LogP contribution in [0.3, 0.4) is 0 Å². The molecular weight excluding hydrogens is 187 g/mol. The summed E-state index contributed by atoms with van der Waals surface area (Å²) >= 11 is 11.2. The molecule has 0 aromatic rings. The Hall–Kier alpha value is 0.500. The summed E-state index contributed by atoms with van der Waals surface area (Å²) in [6, 6.07) is 0. The molecule has 1 aliphatic rings. The van der Waals surface area contributed by atoms with E-state index in [9.17, 15) is 0 Å². The van der Waals surface area contributed by atoms with Crippen molar-refractivity contribution in [2.75, 3.05) is 25.0 Å². The molecule has 0 N–H and O–H groups in total. The largest absolute Gasteiger partial charge is 0.347 e. The van der Waals surface area contributed by atoms with Crippen molar-refractivity contribution in [3.8, 4) is 0 Å². The topological polar surface area (TPSA) is 18.5 Å². The average molecular weight is 199 g/mol. The van der Waals surface area contributed by atoms with Crippen LogP contribution in [0.4, 0.5) is 0 Å².